The second-order valence-corrected chi connectivity index (χ2v) is 9.31. The number of hydrogen-bond acceptors (Lipinski definition) is 0. The summed E-state index contributed by atoms with van der Waals surface area (Å²) in [5.41, 5.74) is 0. The monoisotopic (exact) mass is 428 g/mol. The molecular formula is C34H20. The fourth-order valence-electron chi connectivity index (χ4n) is 6.03. The Morgan fingerprint density at radius 2 is 0.412 bits per heavy atom. The summed E-state index contributed by atoms with van der Waals surface area (Å²) >= 11 is 0. The molecule has 34 heavy (non-hydrogen) atoms. The number of benzene rings is 8. The Kier molecular flexibility index (Phi) is 3.48. The molecule has 0 N–H and O–H groups in total. The average Bonchev–Trinajstić information content (AvgIpc) is 2.91. The largest absolute Gasteiger partial charge is 0.0616 e. The fraction of sp³-hybridized carbons (Fsp3) is 0. The van der Waals surface area contributed by atoms with Gasteiger partial charge in [0.1, 0.15) is 0 Å². The Hall–Kier alpha value is -4.42. The molecule has 8 aromatic rings. The fourth-order valence-corrected chi connectivity index (χ4v) is 6.03. The second-order valence-electron chi connectivity index (χ2n) is 9.31. The zero-order valence-corrected chi connectivity index (χ0v) is 18.5. The van der Waals surface area contributed by atoms with E-state index in [0.29, 0.717) is 0 Å². The van der Waals surface area contributed by atoms with E-state index in [9.17, 15) is 0 Å². The van der Waals surface area contributed by atoms with Gasteiger partial charge in [-0.05, 0) is 75.4 Å². The highest BCUT2D eigenvalue weighted by Crippen LogP contribution is 2.39. The maximum atomic E-state index is 2.32. The van der Waals surface area contributed by atoms with Crippen LogP contribution in [0.5, 0.6) is 0 Å². The molecule has 0 aliphatic rings. The van der Waals surface area contributed by atoms with Crippen LogP contribution in [0.15, 0.2) is 121 Å². The standard InChI is InChI=1S/C34H20/c1-3-7-23-21(5-1)9-11-27-25(23)13-15-31-29(27)17-19-34-32-16-14-26-24-8-4-2-6-22(24)10-12-28(26)30(32)18-20-33(31)34/h1-20H. The summed E-state index contributed by atoms with van der Waals surface area (Å²) in [7, 11) is 0. The van der Waals surface area contributed by atoms with Crippen molar-refractivity contribution in [3.05, 3.63) is 121 Å². The molecule has 0 atom stereocenters. The van der Waals surface area contributed by atoms with E-state index < -0.39 is 0 Å². The van der Waals surface area contributed by atoms with E-state index in [0.717, 1.165) is 0 Å². The average molecular weight is 429 g/mol. The summed E-state index contributed by atoms with van der Waals surface area (Å²) in [5, 5.41) is 18.4. The molecule has 0 nitrogen and oxygen atoms in total. The van der Waals surface area contributed by atoms with Crippen LogP contribution in [0, 0.1) is 0 Å². The van der Waals surface area contributed by atoms with E-state index in [4.69, 9.17) is 0 Å². The van der Waals surface area contributed by atoms with Crippen molar-refractivity contribution in [2.45, 2.75) is 0 Å². The van der Waals surface area contributed by atoms with Crippen LogP contribution >= 0.6 is 0 Å². The number of fused-ring (bicyclic) bond motifs is 13. The third-order valence-corrected chi connectivity index (χ3v) is 7.64. The normalized spacial score (nSPS) is 12.1. The lowest BCUT2D eigenvalue weighted by molar-refractivity contribution is 1.78. The predicted octanol–water partition coefficient (Wildman–Crippen LogP) is 9.76. The van der Waals surface area contributed by atoms with E-state index in [2.05, 4.69) is 121 Å². The summed E-state index contributed by atoms with van der Waals surface area (Å²) in [6.45, 7) is 0. The first-order chi connectivity index (χ1) is 16.9. The van der Waals surface area contributed by atoms with Crippen molar-refractivity contribution in [1.82, 2.24) is 0 Å². The first kappa shape index (κ1) is 18.1. The van der Waals surface area contributed by atoms with Crippen molar-refractivity contribution in [3.63, 3.8) is 0 Å². The van der Waals surface area contributed by atoms with E-state index in [-0.39, 0.29) is 0 Å². The van der Waals surface area contributed by atoms with Crippen molar-refractivity contribution >= 4 is 75.4 Å². The molecule has 0 unspecified atom stereocenters. The Labute approximate surface area is 196 Å². The molecule has 0 spiro atoms. The minimum Gasteiger partial charge on any atom is -0.0616 e. The maximum Gasteiger partial charge on any atom is -0.00987 e. The molecule has 8 rings (SSSR count). The molecule has 0 aliphatic carbocycles. The third-order valence-electron chi connectivity index (χ3n) is 7.64. The topological polar surface area (TPSA) is 0 Å². The van der Waals surface area contributed by atoms with Crippen LogP contribution in [-0.2, 0) is 0 Å². The van der Waals surface area contributed by atoms with Gasteiger partial charge in [0.05, 0.1) is 0 Å². The van der Waals surface area contributed by atoms with Crippen molar-refractivity contribution in [2.24, 2.45) is 0 Å². The smallest absolute Gasteiger partial charge is 0.00987 e. The van der Waals surface area contributed by atoms with Gasteiger partial charge in [0.25, 0.3) is 0 Å². The molecule has 0 heterocycles. The van der Waals surface area contributed by atoms with Gasteiger partial charge in [-0.2, -0.15) is 0 Å². The highest BCUT2D eigenvalue weighted by atomic mass is 14.1. The van der Waals surface area contributed by atoms with Gasteiger partial charge >= 0.3 is 0 Å². The second kappa shape index (κ2) is 6.56. The Morgan fingerprint density at radius 3 is 0.735 bits per heavy atom. The van der Waals surface area contributed by atoms with Crippen LogP contribution in [0.2, 0.25) is 0 Å². The Balaban J connectivity index is 1.48. The molecule has 0 saturated heterocycles. The van der Waals surface area contributed by atoms with Crippen LogP contribution in [0.3, 0.4) is 0 Å². The lowest BCUT2D eigenvalue weighted by Gasteiger charge is -2.13. The molecule has 0 bridgehead atoms. The maximum absolute atomic E-state index is 2.32. The van der Waals surface area contributed by atoms with Crippen molar-refractivity contribution < 1.29 is 0 Å². The highest BCUT2D eigenvalue weighted by Gasteiger charge is 2.11. The molecule has 0 aliphatic heterocycles. The summed E-state index contributed by atoms with van der Waals surface area (Å²) < 4.78 is 0. The summed E-state index contributed by atoms with van der Waals surface area (Å²) in [5.74, 6) is 0. The quantitative estimate of drug-likeness (QED) is 0.211. The van der Waals surface area contributed by atoms with Crippen molar-refractivity contribution in [2.75, 3.05) is 0 Å². The van der Waals surface area contributed by atoms with Crippen LogP contribution in [0.25, 0.3) is 75.4 Å². The molecule has 156 valence electrons. The molecule has 0 heteroatoms. The molecule has 8 aromatic carbocycles. The van der Waals surface area contributed by atoms with E-state index in [1.165, 1.54) is 75.4 Å². The molecule has 0 aromatic heterocycles. The summed E-state index contributed by atoms with van der Waals surface area (Å²) in [4.78, 5) is 0. The van der Waals surface area contributed by atoms with Crippen molar-refractivity contribution in [1.29, 1.82) is 0 Å². The molecule has 0 radical (unpaired) electrons. The number of hydrogen-bond donors (Lipinski definition) is 0. The van der Waals surface area contributed by atoms with Gasteiger partial charge in [-0.15, -0.1) is 0 Å². The lowest BCUT2D eigenvalue weighted by Crippen LogP contribution is -1.85. The van der Waals surface area contributed by atoms with Crippen LogP contribution < -0.4 is 0 Å². The minimum atomic E-state index is 1.29. The highest BCUT2D eigenvalue weighted by molar-refractivity contribution is 6.28. The Bertz CT molecular complexity index is 1960. The van der Waals surface area contributed by atoms with Gasteiger partial charge < -0.3 is 0 Å². The van der Waals surface area contributed by atoms with Gasteiger partial charge in [-0.3, -0.25) is 0 Å². The first-order valence-electron chi connectivity index (χ1n) is 11.9. The van der Waals surface area contributed by atoms with Gasteiger partial charge in [-0.1, -0.05) is 121 Å². The molecule has 0 saturated carbocycles. The molecule has 0 fully saturated rings. The predicted molar refractivity (Wildman–Crippen MR) is 149 cm³/mol. The molecule has 0 amide bonds. The van der Waals surface area contributed by atoms with Gasteiger partial charge in [-0.25, -0.2) is 0 Å². The summed E-state index contributed by atoms with van der Waals surface area (Å²) in [6, 6.07) is 44.9. The first-order valence-corrected chi connectivity index (χ1v) is 11.9. The molecular weight excluding hydrogens is 408 g/mol. The summed E-state index contributed by atoms with van der Waals surface area (Å²) in [6.07, 6.45) is 0. The van der Waals surface area contributed by atoms with Gasteiger partial charge in [0.15, 0.2) is 0 Å². The SMILES string of the molecule is c1ccc2c(c1)ccc1c2ccc2c1ccc1c3ccc4c5ccccc5ccc4c3ccc21. The Morgan fingerprint density at radius 1 is 0.176 bits per heavy atom. The zero-order valence-electron chi connectivity index (χ0n) is 18.5. The lowest BCUT2D eigenvalue weighted by atomic mass is 9.91. The van der Waals surface area contributed by atoms with E-state index >= 15 is 0 Å². The third kappa shape index (κ3) is 2.32. The minimum absolute atomic E-state index is 1.29. The zero-order chi connectivity index (χ0) is 22.2. The van der Waals surface area contributed by atoms with Crippen molar-refractivity contribution in [3.8, 4) is 0 Å². The van der Waals surface area contributed by atoms with Gasteiger partial charge in [0, 0.05) is 0 Å². The van der Waals surface area contributed by atoms with Crippen LogP contribution in [-0.4, -0.2) is 0 Å². The van der Waals surface area contributed by atoms with Crippen LogP contribution in [0.4, 0.5) is 0 Å². The van der Waals surface area contributed by atoms with Crippen LogP contribution in [0.1, 0.15) is 0 Å². The van der Waals surface area contributed by atoms with Gasteiger partial charge in [0.2, 0.25) is 0 Å². The number of rotatable bonds is 0. The van der Waals surface area contributed by atoms with E-state index in [1.54, 1.807) is 0 Å². The van der Waals surface area contributed by atoms with E-state index in [1.807, 2.05) is 0 Å².